The van der Waals surface area contributed by atoms with Crippen molar-refractivity contribution < 1.29 is 38.0 Å². The molecule has 1 aromatic heterocycles. The van der Waals surface area contributed by atoms with Gasteiger partial charge in [-0.05, 0) is 62.8 Å². The zero-order valence-corrected chi connectivity index (χ0v) is 22.2. The van der Waals surface area contributed by atoms with E-state index >= 15 is 0 Å². The van der Waals surface area contributed by atoms with Gasteiger partial charge in [-0.3, -0.25) is 9.59 Å². The standard InChI is InChI=1S/C24H29N6O8P/c1-13-3-4-15(22(31)28-16-5-6-16)9-19(13)29-21(27-11-25)20-14(2)18(10-26-20)23(32)30(17-7-8-17)24(33)37-12-38-39(34,35)36/h3-4,9-11,16-17,26H,5-8,12H2,1-2H3,(H,28,31)(H2,25,27,29)(H2,34,35,36). The van der Waals surface area contributed by atoms with E-state index in [4.69, 9.17) is 20.3 Å². The number of carbonyl (C=O) groups excluding carboxylic acids is 3. The van der Waals surface area contributed by atoms with Crippen molar-refractivity contribution in [3.63, 3.8) is 0 Å². The summed E-state index contributed by atoms with van der Waals surface area (Å²) < 4.78 is 19.7. The van der Waals surface area contributed by atoms with E-state index in [1.165, 1.54) is 6.20 Å². The number of amidine groups is 1. The van der Waals surface area contributed by atoms with Gasteiger partial charge in [-0.15, -0.1) is 0 Å². The van der Waals surface area contributed by atoms with Crippen molar-refractivity contribution in [3.05, 3.63) is 52.3 Å². The van der Waals surface area contributed by atoms with E-state index in [-0.39, 0.29) is 23.3 Å². The number of hydrogen-bond donors (Lipinski definition) is 5. The zero-order valence-electron chi connectivity index (χ0n) is 21.3. The lowest BCUT2D eigenvalue weighted by Gasteiger charge is -2.20. The molecule has 0 spiro atoms. The van der Waals surface area contributed by atoms with Crippen molar-refractivity contribution in [1.82, 2.24) is 15.2 Å². The fourth-order valence-corrected chi connectivity index (χ4v) is 3.92. The summed E-state index contributed by atoms with van der Waals surface area (Å²) in [6.07, 6.45) is 4.40. The smallest absolute Gasteiger partial charge is 0.421 e. The Balaban J connectivity index is 1.59. The second kappa shape index (κ2) is 11.5. The Morgan fingerprint density at radius 3 is 2.56 bits per heavy atom. The minimum Gasteiger partial charge on any atom is -0.421 e. The predicted octanol–water partition coefficient (Wildman–Crippen LogP) is 2.40. The molecule has 1 heterocycles. The van der Waals surface area contributed by atoms with Crippen molar-refractivity contribution in [1.29, 1.82) is 0 Å². The number of phosphoric acid groups is 1. The average molecular weight is 561 g/mol. The van der Waals surface area contributed by atoms with Gasteiger partial charge in [-0.2, -0.15) is 0 Å². The van der Waals surface area contributed by atoms with Crippen LogP contribution in [0.25, 0.3) is 0 Å². The molecule has 0 atom stereocenters. The maximum absolute atomic E-state index is 13.3. The number of ether oxygens (including phenoxy) is 1. The minimum absolute atomic E-state index is 0.138. The van der Waals surface area contributed by atoms with Crippen LogP contribution in [0.1, 0.15) is 63.2 Å². The van der Waals surface area contributed by atoms with E-state index in [0.29, 0.717) is 35.3 Å². The Morgan fingerprint density at radius 2 is 1.95 bits per heavy atom. The Hall–Kier alpha value is -3.84. The number of rotatable bonds is 9. The number of nitrogens with two attached hydrogens (primary N) is 1. The van der Waals surface area contributed by atoms with Gasteiger partial charge >= 0.3 is 13.9 Å². The van der Waals surface area contributed by atoms with Crippen LogP contribution in [0, 0.1) is 13.8 Å². The highest BCUT2D eigenvalue weighted by Gasteiger charge is 2.40. The van der Waals surface area contributed by atoms with Crippen LogP contribution in [0.5, 0.6) is 0 Å². The molecule has 0 radical (unpaired) electrons. The number of nitrogens with zero attached hydrogens (tertiary/aromatic N) is 3. The molecule has 2 fully saturated rings. The van der Waals surface area contributed by atoms with Crippen LogP contribution in [-0.2, 0) is 13.8 Å². The third-order valence-corrected chi connectivity index (χ3v) is 6.57. The van der Waals surface area contributed by atoms with E-state index in [1.807, 2.05) is 6.92 Å². The molecule has 2 aliphatic rings. The van der Waals surface area contributed by atoms with Crippen LogP contribution in [0.3, 0.4) is 0 Å². The molecule has 0 aliphatic heterocycles. The number of amides is 3. The molecule has 4 rings (SSSR count). The van der Waals surface area contributed by atoms with Crippen LogP contribution < -0.4 is 11.1 Å². The topological polar surface area (TPSA) is 209 Å². The Morgan fingerprint density at radius 1 is 1.23 bits per heavy atom. The van der Waals surface area contributed by atoms with Gasteiger partial charge in [0.2, 0.25) is 6.79 Å². The van der Waals surface area contributed by atoms with E-state index < -0.39 is 32.7 Å². The molecule has 39 heavy (non-hydrogen) atoms. The Kier molecular flexibility index (Phi) is 8.31. The molecular formula is C24H29N6O8P. The Labute approximate surface area is 223 Å². The number of carbonyl (C=O) groups is 3. The number of aliphatic imine (C=N–C) groups is 2. The summed E-state index contributed by atoms with van der Waals surface area (Å²) in [5.74, 6) is -0.725. The number of H-pyrrole nitrogens is 1. The second-order valence-corrected chi connectivity index (χ2v) is 10.5. The maximum atomic E-state index is 13.3. The first kappa shape index (κ1) is 28.2. The third kappa shape index (κ3) is 7.18. The van der Waals surface area contributed by atoms with Gasteiger partial charge in [-0.25, -0.2) is 28.8 Å². The Bertz CT molecular complexity index is 1390. The highest BCUT2D eigenvalue weighted by Crippen LogP contribution is 2.36. The van der Waals surface area contributed by atoms with E-state index in [9.17, 15) is 18.9 Å². The molecule has 2 aromatic rings. The van der Waals surface area contributed by atoms with Crippen LogP contribution in [0.2, 0.25) is 0 Å². The van der Waals surface area contributed by atoms with Gasteiger partial charge in [0.15, 0.2) is 5.84 Å². The molecule has 6 N–H and O–H groups in total. The van der Waals surface area contributed by atoms with Crippen molar-refractivity contribution in [2.75, 3.05) is 6.79 Å². The molecule has 0 saturated heterocycles. The van der Waals surface area contributed by atoms with E-state index in [1.54, 1.807) is 25.1 Å². The maximum Gasteiger partial charge on any atom is 0.472 e. The summed E-state index contributed by atoms with van der Waals surface area (Å²) >= 11 is 0. The first-order valence-electron chi connectivity index (χ1n) is 12.1. The SMILES string of the molecule is Cc1ccc(C(=O)NC2CC2)cc1N=C(N=CN)c1[nH]cc(C(=O)N(C(=O)OCOP(=O)(O)O)C2CC2)c1C. The number of aromatic nitrogens is 1. The zero-order chi connectivity index (χ0) is 28.3. The fourth-order valence-electron chi connectivity index (χ4n) is 3.73. The number of aromatic amines is 1. The van der Waals surface area contributed by atoms with Crippen LogP contribution in [0.15, 0.2) is 34.4 Å². The molecule has 3 amide bonds. The summed E-state index contributed by atoms with van der Waals surface area (Å²) in [5, 5.41) is 2.94. The molecule has 1 aromatic carbocycles. The number of imide groups is 1. The second-order valence-electron chi connectivity index (χ2n) is 9.22. The molecule has 15 heteroatoms. The van der Waals surface area contributed by atoms with E-state index in [2.05, 4.69) is 24.8 Å². The van der Waals surface area contributed by atoms with Gasteiger partial charge in [0.05, 0.1) is 23.3 Å². The molecule has 0 unspecified atom stereocenters. The highest BCUT2D eigenvalue weighted by molar-refractivity contribution is 7.46. The van der Waals surface area contributed by atoms with E-state index in [0.717, 1.165) is 29.6 Å². The molecule has 2 saturated carbocycles. The van der Waals surface area contributed by atoms with Crippen LogP contribution in [-0.4, -0.2) is 68.6 Å². The van der Waals surface area contributed by atoms with Gasteiger partial charge < -0.3 is 30.6 Å². The van der Waals surface area contributed by atoms with Crippen molar-refractivity contribution in [3.8, 4) is 0 Å². The van der Waals surface area contributed by atoms with Gasteiger partial charge in [-0.1, -0.05) is 6.07 Å². The summed E-state index contributed by atoms with van der Waals surface area (Å²) in [6, 6.07) is 4.92. The number of nitrogens with one attached hydrogen (secondary N) is 2. The fraction of sp³-hybridized carbons (Fsp3) is 0.375. The predicted molar refractivity (Wildman–Crippen MR) is 140 cm³/mol. The summed E-state index contributed by atoms with van der Waals surface area (Å²) in [5.41, 5.74) is 8.21. The van der Waals surface area contributed by atoms with Gasteiger partial charge in [0.1, 0.15) is 0 Å². The summed E-state index contributed by atoms with van der Waals surface area (Å²) in [7, 11) is -4.85. The lowest BCUT2D eigenvalue weighted by Crippen LogP contribution is -2.39. The number of benzene rings is 1. The molecular weight excluding hydrogens is 531 g/mol. The first-order valence-corrected chi connectivity index (χ1v) is 13.6. The minimum atomic E-state index is -4.85. The van der Waals surface area contributed by atoms with Gasteiger partial charge in [0.25, 0.3) is 11.8 Å². The van der Waals surface area contributed by atoms with Crippen LogP contribution in [0.4, 0.5) is 10.5 Å². The third-order valence-electron chi connectivity index (χ3n) is 6.13. The van der Waals surface area contributed by atoms with Crippen molar-refractivity contribution >= 4 is 43.6 Å². The summed E-state index contributed by atoms with van der Waals surface area (Å²) in [6.45, 7) is 2.45. The molecule has 2 aliphatic carbocycles. The van der Waals surface area contributed by atoms with Crippen LogP contribution >= 0.6 is 7.82 Å². The summed E-state index contributed by atoms with van der Waals surface area (Å²) in [4.78, 5) is 68.6. The molecule has 0 bridgehead atoms. The van der Waals surface area contributed by atoms with Crippen molar-refractivity contribution in [2.45, 2.75) is 51.6 Å². The largest absolute Gasteiger partial charge is 0.472 e. The number of hydrogen-bond acceptors (Lipinski definition) is 7. The quantitative estimate of drug-likeness (QED) is 0.132. The lowest BCUT2D eigenvalue weighted by atomic mass is 10.1. The highest BCUT2D eigenvalue weighted by atomic mass is 31.2. The lowest BCUT2D eigenvalue weighted by molar-refractivity contribution is 0.0193. The number of phosphoric ester groups is 1. The average Bonchev–Trinajstić information content (AvgIpc) is 3.79. The van der Waals surface area contributed by atoms with Gasteiger partial charge in [0, 0.05) is 23.8 Å². The molecule has 208 valence electrons. The first-order chi connectivity index (χ1) is 18.5. The molecule has 14 nitrogen and oxygen atoms in total. The normalized spacial score (nSPS) is 15.8. The van der Waals surface area contributed by atoms with Crippen molar-refractivity contribution in [2.24, 2.45) is 15.7 Å². The monoisotopic (exact) mass is 560 g/mol. The number of aryl methyl sites for hydroxylation is 1.